The van der Waals surface area contributed by atoms with Gasteiger partial charge >= 0.3 is 0 Å². The van der Waals surface area contributed by atoms with Gasteiger partial charge in [-0.05, 0) is 66.1 Å². The number of para-hydroxylation sites is 1. The lowest BCUT2D eigenvalue weighted by atomic mass is 10.0. The monoisotopic (exact) mass is 449 g/mol. The predicted molar refractivity (Wildman–Crippen MR) is 134 cm³/mol. The van der Waals surface area contributed by atoms with Gasteiger partial charge in [-0.15, -0.1) is 0 Å². The average molecular weight is 450 g/mol. The molecule has 5 rings (SSSR count). The number of nitrogens with zero attached hydrogens (tertiary/aromatic N) is 2. The number of carbonyl (C=O) groups excluding carboxylic acids is 1. The maximum absolute atomic E-state index is 13.3. The summed E-state index contributed by atoms with van der Waals surface area (Å²) in [7, 11) is 0. The largest absolute Gasteiger partial charge is 0.322 e. The van der Waals surface area contributed by atoms with Crippen LogP contribution >= 0.6 is 11.6 Å². The van der Waals surface area contributed by atoms with Gasteiger partial charge in [0.25, 0.3) is 5.91 Å². The van der Waals surface area contributed by atoms with Gasteiger partial charge in [-0.25, -0.2) is 4.98 Å². The van der Waals surface area contributed by atoms with Gasteiger partial charge in [0, 0.05) is 34.1 Å². The topological polar surface area (TPSA) is 54.9 Å². The van der Waals surface area contributed by atoms with Crippen molar-refractivity contribution in [1.82, 2.24) is 9.97 Å². The molecule has 0 saturated heterocycles. The standard InChI is InChI=1S/C28H20ClN3O/c29-22-9-7-21(8-10-22)27-18-25(24-3-1-2-4-26(24)32-27)28(33)31-23-11-5-19(6-12-23)17-20-13-15-30-16-14-20/h1-16,18H,17H2,(H,31,33). The second-order valence-corrected chi connectivity index (χ2v) is 8.20. The lowest BCUT2D eigenvalue weighted by Crippen LogP contribution is -2.13. The van der Waals surface area contributed by atoms with Gasteiger partial charge in [-0.2, -0.15) is 0 Å². The molecule has 0 aliphatic heterocycles. The quantitative estimate of drug-likeness (QED) is 0.321. The van der Waals surface area contributed by atoms with Crippen molar-refractivity contribution in [2.45, 2.75) is 6.42 Å². The Labute approximate surface area is 196 Å². The van der Waals surface area contributed by atoms with E-state index in [1.54, 1.807) is 12.4 Å². The highest BCUT2D eigenvalue weighted by atomic mass is 35.5. The lowest BCUT2D eigenvalue weighted by molar-refractivity contribution is 0.102. The second-order valence-electron chi connectivity index (χ2n) is 7.76. The summed E-state index contributed by atoms with van der Waals surface area (Å²) in [5.74, 6) is -0.175. The molecule has 0 spiro atoms. The van der Waals surface area contributed by atoms with E-state index in [4.69, 9.17) is 16.6 Å². The van der Waals surface area contributed by atoms with Crippen molar-refractivity contribution < 1.29 is 4.79 Å². The fraction of sp³-hybridized carbons (Fsp3) is 0.0357. The minimum absolute atomic E-state index is 0.175. The summed E-state index contributed by atoms with van der Waals surface area (Å²) in [4.78, 5) is 22.1. The summed E-state index contributed by atoms with van der Waals surface area (Å²) in [5, 5.41) is 4.50. The Hall–Kier alpha value is -4.02. The van der Waals surface area contributed by atoms with Crippen LogP contribution in [-0.4, -0.2) is 15.9 Å². The summed E-state index contributed by atoms with van der Waals surface area (Å²) >= 11 is 6.04. The molecule has 0 fully saturated rings. The number of carbonyl (C=O) groups is 1. The number of rotatable bonds is 5. The zero-order chi connectivity index (χ0) is 22.6. The number of fused-ring (bicyclic) bond motifs is 1. The maximum atomic E-state index is 13.3. The van der Waals surface area contributed by atoms with Crippen LogP contribution in [0, 0.1) is 0 Å². The Morgan fingerprint density at radius 2 is 1.52 bits per heavy atom. The summed E-state index contributed by atoms with van der Waals surface area (Å²) in [6.07, 6.45) is 4.40. The number of nitrogens with one attached hydrogen (secondary N) is 1. The average Bonchev–Trinajstić information content (AvgIpc) is 2.85. The van der Waals surface area contributed by atoms with Crippen molar-refractivity contribution >= 4 is 34.1 Å². The fourth-order valence-corrected chi connectivity index (χ4v) is 3.90. The highest BCUT2D eigenvalue weighted by Gasteiger charge is 2.14. The number of pyridine rings is 2. The van der Waals surface area contributed by atoms with E-state index in [1.807, 2.05) is 91.0 Å². The van der Waals surface area contributed by atoms with E-state index in [0.717, 1.165) is 34.3 Å². The van der Waals surface area contributed by atoms with Gasteiger partial charge in [0.1, 0.15) is 0 Å². The smallest absolute Gasteiger partial charge is 0.256 e. The Morgan fingerprint density at radius 3 is 2.27 bits per heavy atom. The Bertz CT molecular complexity index is 1420. The molecule has 0 aliphatic carbocycles. The van der Waals surface area contributed by atoms with Crippen molar-refractivity contribution in [3.05, 3.63) is 125 Å². The number of hydrogen-bond donors (Lipinski definition) is 1. The predicted octanol–water partition coefficient (Wildman–Crippen LogP) is 6.79. The first-order chi connectivity index (χ1) is 16.2. The molecule has 0 unspecified atom stereocenters. The van der Waals surface area contributed by atoms with Crippen LogP contribution in [0.25, 0.3) is 22.2 Å². The number of halogens is 1. The molecule has 2 aromatic heterocycles. The van der Waals surface area contributed by atoms with E-state index in [9.17, 15) is 4.79 Å². The normalized spacial score (nSPS) is 10.8. The third-order valence-corrected chi connectivity index (χ3v) is 5.72. The molecule has 2 heterocycles. The van der Waals surface area contributed by atoms with Gasteiger partial charge in [-0.1, -0.05) is 54.1 Å². The van der Waals surface area contributed by atoms with Crippen LogP contribution in [0.2, 0.25) is 5.02 Å². The van der Waals surface area contributed by atoms with Crippen molar-refractivity contribution in [2.75, 3.05) is 5.32 Å². The van der Waals surface area contributed by atoms with Crippen LogP contribution in [0.15, 0.2) is 103 Å². The van der Waals surface area contributed by atoms with Crippen LogP contribution in [0.4, 0.5) is 5.69 Å². The maximum Gasteiger partial charge on any atom is 0.256 e. The van der Waals surface area contributed by atoms with Gasteiger partial charge in [0.15, 0.2) is 0 Å². The Morgan fingerprint density at radius 1 is 0.818 bits per heavy atom. The summed E-state index contributed by atoms with van der Waals surface area (Å²) in [5.41, 5.74) is 6.07. The van der Waals surface area contributed by atoms with Crippen LogP contribution in [0.5, 0.6) is 0 Å². The van der Waals surface area contributed by atoms with E-state index < -0.39 is 0 Å². The molecule has 5 heteroatoms. The number of amides is 1. The van der Waals surface area contributed by atoms with E-state index in [0.29, 0.717) is 10.6 Å². The van der Waals surface area contributed by atoms with Gasteiger partial charge < -0.3 is 5.32 Å². The summed E-state index contributed by atoms with van der Waals surface area (Å²) in [6.45, 7) is 0. The highest BCUT2D eigenvalue weighted by Crippen LogP contribution is 2.27. The molecule has 0 aliphatic rings. The van der Waals surface area contributed by atoms with Crippen molar-refractivity contribution in [3.63, 3.8) is 0 Å². The molecule has 4 nitrogen and oxygen atoms in total. The molecule has 5 aromatic rings. The van der Waals surface area contributed by atoms with Gasteiger partial charge in [-0.3, -0.25) is 9.78 Å². The second kappa shape index (κ2) is 9.23. The molecule has 160 valence electrons. The van der Waals surface area contributed by atoms with Crippen LogP contribution < -0.4 is 5.32 Å². The molecule has 0 bridgehead atoms. The van der Waals surface area contributed by atoms with Crippen molar-refractivity contribution in [3.8, 4) is 11.3 Å². The number of benzene rings is 3. The summed E-state index contributed by atoms with van der Waals surface area (Å²) < 4.78 is 0. The SMILES string of the molecule is O=C(Nc1ccc(Cc2ccncc2)cc1)c1cc(-c2ccc(Cl)cc2)nc2ccccc12. The van der Waals surface area contributed by atoms with Gasteiger partial charge in [0.2, 0.25) is 0 Å². The minimum Gasteiger partial charge on any atom is -0.322 e. The molecule has 1 amide bonds. The third kappa shape index (κ3) is 4.76. The molecule has 33 heavy (non-hydrogen) atoms. The number of aromatic nitrogens is 2. The Kier molecular flexibility index (Phi) is 5.83. The molecule has 0 atom stereocenters. The van der Waals surface area contributed by atoms with Crippen molar-refractivity contribution in [1.29, 1.82) is 0 Å². The zero-order valence-corrected chi connectivity index (χ0v) is 18.5. The molecule has 0 radical (unpaired) electrons. The first-order valence-electron chi connectivity index (χ1n) is 10.6. The number of anilines is 1. The molecule has 3 aromatic carbocycles. The first kappa shape index (κ1) is 20.9. The van der Waals surface area contributed by atoms with E-state index >= 15 is 0 Å². The fourth-order valence-electron chi connectivity index (χ4n) is 3.77. The molecule has 1 N–H and O–H groups in total. The first-order valence-corrected chi connectivity index (χ1v) is 11.0. The Balaban J connectivity index is 1.42. The molecular formula is C28H20ClN3O. The molecular weight excluding hydrogens is 430 g/mol. The molecule has 0 saturated carbocycles. The lowest BCUT2D eigenvalue weighted by Gasteiger charge is -2.11. The summed E-state index contributed by atoms with van der Waals surface area (Å²) in [6, 6.07) is 28.9. The van der Waals surface area contributed by atoms with E-state index in [1.165, 1.54) is 11.1 Å². The van der Waals surface area contributed by atoms with Gasteiger partial charge in [0.05, 0.1) is 16.8 Å². The van der Waals surface area contributed by atoms with Crippen LogP contribution in [-0.2, 0) is 6.42 Å². The minimum atomic E-state index is -0.175. The number of hydrogen-bond acceptors (Lipinski definition) is 3. The van der Waals surface area contributed by atoms with Crippen LogP contribution in [0.1, 0.15) is 21.5 Å². The zero-order valence-electron chi connectivity index (χ0n) is 17.7. The van der Waals surface area contributed by atoms with Crippen LogP contribution in [0.3, 0.4) is 0 Å². The third-order valence-electron chi connectivity index (χ3n) is 5.47. The highest BCUT2D eigenvalue weighted by molar-refractivity contribution is 6.30. The van der Waals surface area contributed by atoms with E-state index in [-0.39, 0.29) is 5.91 Å². The van der Waals surface area contributed by atoms with Crippen molar-refractivity contribution in [2.24, 2.45) is 0 Å². The van der Waals surface area contributed by atoms with E-state index in [2.05, 4.69) is 10.3 Å².